The molecule has 11 heteroatoms. The number of piperidine rings is 1. The van der Waals surface area contributed by atoms with E-state index < -0.39 is 0 Å². The molecule has 10 nitrogen and oxygen atoms in total. The fraction of sp³-hybridized carbons (Fsp3) is 0.333. The van der Waals surface area contributed by atoms with Crippen molar-refractivity contribution in [1.29, 1.82) is 5.26 Å². The van der Waals surface area contributed by atoms with Crippen LogP contribution in [0.4, 0.5) is 5.82 Å². The van der Waals surface area contributed by atoms with Crippen LogP contribution in [-0.4, -0.2) is 47.8 Å². The van der Waals surface area contributed by atoms with Crippen molar-refractivity contribution in [3.63, 3.8) is 0 Å². The van der Waals surface area contributed by atoms with Gasteiger partial charge in [-0.2, -0.15) is 14.9 Å². The Hall–Kier alpha value is -3.19. The summed E-state index contributed by atoms with van der Waals surface area (Å²) in [5, 5.41) is 19.1. The molecule has 4 heterocycles. The predicted octanol–water partition coefficient (Wildman–Crippen LogP) is 0.820. The minimum atomic E-state index is -0.370. The highest BCUT2D eigenvalue weighted by Crippen LogP contribution is 2.17. The number of aromatic nitrogens is 7. The average Bonchev–Trinajstić information content (AvgIpc) is 3.29. The van der Waals surface area contributed by atoms with Crippen LogP contribution in [0.2, 0.25) is 0 Å². The molecule has 0 atom stereocenters. The van der Waals surface area contributed by atoms with Gasteiger partial charge >= 0.3 is 0 Å². The van der Waals surface area contributed by atoms with Gasteiger partial charge in [0.2, 0.25) is 0 Å². The Morgan fingerprint density at radius 3 is 2.77 bits per heavy atom. The summed E-state index contributed by atoms with van der Waals surface area (Å²) in [6.07, 6.45) is 8.02. The first-order valence-electron chi connectivity index (χ1n) is 7.98. The van der Waals surface area contributed by atoms with E-state index in [1.165, 1.54) is 28.2 Å². The van der Waals surface area contributed by atoms with Crippen molar-refractivity contribution in [3.05, 3.63) is 40.7 Å². The van der Waals surface area contributed by atoms with E-state index in [0.29, 0.717) is 0 Å². The molecule has 1 aliphatic heterocycles. The third-order valence-electron chi connectivity index (χ3n) is 4.12. The molecule has 3 aromatic heterocycles. The molecule has 0 spiro atoms. The minimum absolute atomic E-state index is 0. The highest BCUT2D eigenvalue weighted by atomic mass is 35.5. The van der Waals surface area contributed by atoms with Crippen LogP contribution in [0.1, 0.15) is 25.0 Å². The number of aromatic amines is 1. The van der Waals surface area contributed by atoms with Crippen LogP contribution in [-0.2, 0) is 0 Å². The monoisotopic (exact) mass is 373 g/mol. The maximum absolute atomic E-state index is 12.6. The summed E-state index contributed by atoms with van der Waals surface area (Å²) in [6.45, 7) is 1.91. The molecular formula is C15H16ClN9O. The van der Waals surface area contributed by atoms with Crippen molar-refractivity contribution < 1.29 is 0 Å². The second-order valence-electron chi connectivity index (χ2n) is 5.72. The molecule has 3 aromatic rings. The molecule has 4 rings (SSSR count). The number of halogens is 1. The summed E-state index contributed by atoms with van der Waals surface area (Å²) in [6, 6.07) is 3.72. The Balaban J connectivity index is 0.00000196. The van der Waals surface area contributed by atoms with Crippen molar-refractivity contribution >= 4 is 18.2 Å². The van der Waals surface area contributed by atoms with Crippen molar-refractivity contribution in [2.24, 2.45) is 0 Å². The van der Waals surface area contributed by atoms with Crippen LogP contribution in [0.25, 0.3) is 11.6 Å². The highest BCUT2D eigenvalue weighted by Gasteiger charge is 2.16. The number of rotatable bonds is 3. The molecular weight excluding hydrogens is 358 g/mol. The maximum Gasteiger partial charge on any atom is 0.299 e. The fourth-order valence-corrected chi connectivity index (χ4v) is 2.85. The van der Waals surface area contributed by atoms with Crippen LogP contribution in [0.3, 0.4) is 0 Å². The Kier molecular flexibility index (Phi) is 4.99. The van der Waals surface area contributed by atoms with Gasteiger partial charge in [0.15, 0.2) is 11.4 Å². The number of H-pyrrole nitrogens is 1. The Morgan fingerprint density at radius 2 is 2.04 bits per heavy atom. The van der Waals surface area contributed by atoms with E-state index in [1.807, 2.05) is 12.1 Å². The zero-order chi connectivity index (χ0) is 17.2. The lowest BCUT2D eigenvalue weighted by molar-refractivity contribution is 0.572. The summed E-state index contributed by atoms with van der Waals surface area (Å²) < 4.78 is 2.50. The summed E-state index contributed by atoms with van der Waals surface area (Å²) in [5.41, 5.74) is 0.00153. The second kappa shape index (κ2) is 7.37. The fourth-order valence-electron chi connectivity index (χ4n) is 2.85. The van der Waals surface area contributed by atoms with Crippen molar-refractivity contribution in [3.8, 4) is 17.7 Å². The lowest BCUT2D eigenvalue weighted by Gasteiger charge is -2.27. The zero-order valence-corrected chi connectivity index (χ0v) is 14.6. The molecule has 0 saturated carbocycles. The van der Waals surface area contributed by atoms with Crippen LogP contribution in [0.5, 0.6) is 0 Å². The third kappa shape index (κ3) is 3.16. The molecule has 0 unspecified atom stereocenters. The van der Waals surface area contributed by atoms with Crippen LogP contribution >= 0.6 is 12.4 Å². The van der Waals surface area contributed by atoms with E-state index in [4.69, 9.17) is 5.26 Å². The Bertz CT molecular complexity index is 993. The average molecular weight is 374 g/mol. The smallest absolute Gasteiger partial charge is 0.299 e. The molecule has 1 N–H and O–H groups in total. The standard InChI is InChI=1S/C15H15N9O.ClH/c16-8-11-10-23(21-20-11)12-9-18-24(14(12)25)15-17-5-4-13(19-15)22-6-2-1-3-7-22;/h4-5,9-10,18H,1-3,6-7H2;1H. The van der Waals surface area contributed by atoms with Gasteiger partial charge in [0.05, 0.1) is 12.4 Å². The van der Waals surface area contributed by atoms with E-state index >= 15 is 0 Å². The molecule has 0 amide bonds. The molecule has 0 radical (unpaired) electrons. The number of hydrogen-bond acceptors (Lipinski definition) is 7. The van der Waals surface area contributed by atoms with E-state index in [2.05, 4.69) is 30.3 Å². The molecule has 1 fully saturated rings. The lowest BCUT2D eigenvalue weighted by Crippen LogP contribution is -2.31. The molecule has 0 aliphatic carbocycles. The second-order valence-corrected chi connectivity index (χ2v) is 5.72. The molecule has 26 heavy (non-hydrogen) atoms. The summed E-state index contributed by atoms with van der Waals surface area (Å²) in [7, 11) is 0. The SMILES string of the molecule is Cl.N#Cc1cn(-c2c[nH]n(-c3nccc(N4CCCCC4)n3)c2=O)nn1. The van der Waals surface area contributed by atoms with Gasteiger partial charge in [-0.1, -0.05) is 5.21 Å². The van der Waals surface area contributed by atoms with E-state index in [-0.39, 0.29) is 35.3 Å². The van der Waals surface area contributed by atoms with E-state index in [9.17, 15) is 4.79 Å². The van der Waals surface area contributed by atoms with Crippen LogP contribution in [0.15, 0.2) is 29.5 Å². The van der Waals surface area contributed by atoms with Gasteiger partial charge in [0.25, 0.3) is 11.5 Å². The first-order chi connectivity index (χ1) is 12.3. The molecule has 1 aliphatic rings. The van der Waals surface area contributed by atoms with Gasteiger partial charge in [-0.3, -0.25) is 9.89 Å². The number of nitrogens with zero attached hydrogens (tertiary/aromatic N) is 8. The van der Waals surface area contributed by atoms with Gasteiger partial charge < -0.3 is 4.90 Å². The van der Waals surface area contributed by atoms with Crippen LogP contribution < -0.4 is 10.5 Å². The number of anilines is 1. The third-order valence-corrected chi connectivity index (χ3v) is 4.12. The zero-order valence-electron chi connectivity index (χ0n) is 13.7. The topological polar surface area (TPSA) is 121 Å². The number of hydrogen-bond donors (Lipinski definition) is 1. The summed E-state index contributed by atoms with van der Waals surface area (Å²) in [4.78, 5) is 23.5. The molecule has 0 bridgehead atoms. The molecule has 134 valence electrons. The maximum atomic E-state index is 12.6. The van der Waals surface area contributed by atoms with E-state index in [1.54, 1.807) is 6.20 Å². The Morgan fingerprint density at radius 1 is 1.23 bits per heavy atom. The summed E-state index contributed by atoms with van der Waals surface area (Å²) in [5.74, 6) is 1.07. The van der Waals surface area contributed by atoms with Gasteiger partial charge in [-0.05, 0) is 25.3 Å². The Labute approximate surface area is 154 Å². The van der Waals surface area contributed by atoms with Crippen molar-refractivity contribution in [2.45, 2.75) is 19.3 Å². The lowest BCUT2D eigenvalue weighted by atomic mass is 10.1. The van der Waals surface area contributed by atoms with Gasteiger partial charge in [0.1, 0.15) is 11.9 Å². The van der Waals surface area contributed by atoms with Gasteiger partial charge in [-0.25, -0.2) is 9.67 Å². The van der Waals surface area contributed by atoms with Crippen LogP contribution in [0, 0.1) is 11.3 Å². The van der Waals surface area contributed by atoms with Gasteiger partial charge in [0, 0.05) is 19.3 Å². The number of nitrogens with one attached hydrogen (secondary N) is 1. The quantitative estimate of drug-likeness (QED) is 0.721. The number of nitriles is 1. The predicted molar refractivity (Wildman–Crippen MR) is 94.9 cm³/mol. The first kappa shape index (κ1) is 17.6. The van der Waals surface area contributed by atoms with E-state index in [0.717, 1.165) is 31.7 Å². The normalized spacial score (nSPS) is 13.9. The van der Waals surface area contributed by atoms with Gasteiger partial charge in [-0.15, -0.1) is 17.5 Å². The minimum Gasteiger partial charge on any atom is -0.356 e. The molecule has 1 saturated heterocycles. The largest absolute Gasteiger partial charge is 0.356 e. The molecule has 0 aromatic carbocycles. The summed E-state index contributed by atoms with van der Waals surface area (Å²) >= 11 is 0. The first-order valence-corrected chi connectivity index (χ1v) is 7.98. The highest BCUT2D eigenvalue weighted by molar-refractivity contribution is 5.85. The van der Waals surface area contributed by atoms with Crippen molar-refractivity contribution in [1.82, 2.24) is 34.7 Å². The van der Waals surface area contributed by atoms with Crippen molar-refractivity contribution in [2.75, 3.05) is 18.0 Å².